The molecule has 0 saturated heterocycles. The molecule has 0 aliphatic rings. The van der Waals surface area contributed by atoms with Gasteiger partial charge in [-0.25, -0.2) is 0 Å². The van der Waals surface area contributed by atoms with Crippen LogP contribution in [-0.2, 0) is 0 Å². The number of benzene rings is 1. The quantitative estimate of drug-likeness (QED) is 0.833. The van der Waals surface area contributed by atoms with Crippen LogP contribution >= 0.6 is 11.3 Å². The summed E-state index contributed by atoms with van der Waals surface area (Å²) < 4.78 is 1.33. The Bertz CT molecular complexity index is 497. The fourth-order valence-electron chi connectivity index (χ4n) is 2.16. The molecule has 1 aromatic heterocycles. The van der Waals surface area contributed by atoms with E-state index in [1.165, 1.54) is 15.0 Å². The largest absolute Gasteiger partial charge is 0.389 e. The Hall–Kier alpha value is -0.900. The molecule has 0 aliphatic heterocycles. The van der Waals surface area contributed by atoms with Crippen LogP contribution in [0.25, 0.3) is 10.1 Å². The van der Waals surface area contributed by atoms with Crippen LogP contribution in [0.5, 0.6) is 0 Å². The van der Waals surface area contributed by atoms with Crippen LogP contribution in [0.15, 0.2) is 30.3 Å². The zero-order valence-corrected chi connectivity index (χ0v) is 12.8. The Labute approximate surface area is 119 Å². The summed E-state index contributed by atoms with van der Waals surface area (Å²) in [6.07, 6.45) is 1.57. The van der Waals surface area contributed by atoms with Gasteiger partial charge >= 0.3 is 0 Å². The van der Waals surface area contributed by atoms with Crippen molar-refractivity contribution in [3.8, 4) is 0 Å². The van der Waals surface area contributed by atoms with Gasteiger partial charge in [0.05, 0.1) is 5.60 Å². The first-order valence-corrected chi connectivity index (χ1v) is 7.84. The maximum absolute atomic E-state index is 10.3. The van der Waals surface area contributed by atoms with Gasteiger partial charge in [-0.1, -0.05) is 32.0 Å². The molecule has 0 saturated carbocycles. The minimum Gasteiger partial charge on any atom is -0.389 e. The number of aliphatic hydroxyl groups is 1. The maximum atomic E-state index is 10.3. The van der Waals surface area contributed by atoms with Crippen LogP contribution in [0.4, 0.5) is 0 Å². The Balaban J connectivity index is 2.05. The lowest BCUT2D eigenvalue weighted by atomic mass is 9.97. The summed E-state index contributed by atoms with van der Waals surface area (Å²) in [4.78, 5) is 1.33. The van der Waals surface area contributed by atoms with Crippen molar-refractivity contribution in [1.82, 2.24) is 5.32 Å². The molecule has 1 unspecified atom stereocenters. The van der Waals surface area contributed by atoms with Crippen molar-refractivity contribution < 1.29 is 5.11 Å². The highest BCUT2D eigenvalue weighted by Crippen LogP contribution is 2.29. The van der Waals surface area contributed by atoms with Gasteiger partial charge in [0, 0.05) is 22.2 Å². The molecule has 1 aromatic carbocycles. The first-order valence-electron chi connectivity index (χ1n) is 7.02. The predicted molar refractivity (Wildman–Crippen MR) is 83.8 cm³/mol. The third-order valence-corrected chi connectivity index (χ3v) is 5.22. The van der Waals surface area contributed by atoms with E-state index in [1.54, 1.807) is 0 Å². The molecule has 0 amide bonds. The second-order valence-electron chi connectivity index (χ2n) is 5.22. The maximum Gasteiger partial charge on any atom is 0.0766 e. The predicted octanol–water partition coefficient (Wildman–Crippen LogP) is 4.10. The number of fused-ring (bicyclic) bond motifs is 1. The molecule has 2 rings (SSSR count). The van der Waals surface area contributed by atoms with Crippen molar-refractivity contribution in [2.24, 2.45) is 0 Å². The van der Waals surface area contributed by atoms with E-state index in [0.29, 0.717) is 6.54 Å². The van der Waals surface area contributed by atoms with Gasteiger partial charge in [0.1, 0.15) is 0 Å². The van der Waals surface area contributed by atoms with Crippen LogP contribution < -0.4 is 5.32 Å². The first-order chi connectivity index (χ1) is 9.08. The molecule has 1 heterocycles. The van der Waals surface area contributed by atoms with E-state index >= 15 is 0 Å². The van der Waals surface area contributed by atoms with Gasteiger partial charge in [-0.05, 0) is 37.3 Å². The van der Waals surface area contributed by atoms with Gasteiger partial charge in [0.2, 0.25) is 0 Å². The van der Waals surface area contributed by atoms with E-state index in [9.17, 15) is 5.11 Å². The number of nitrogens with one attached hydrogen (secondary N) is 1. The van der Waals surface area contributed by atoms with Gasteiger partial charge < -0.3 is 10.4 Å². The van der Waals surface area contributed by atoms with Gasteiger partial charge in [-0.15, -0.1) is 11.3 Å². The summed E-state index contributed by atoms with van der Waals surface area (Å²) in [6.45, 7) is 6.89. The second-order valence-corrected chi connectivity index (χ2v) is 6.34. The highest BCUT2D eigenvalue weighted by Gasteiger charge is 2.23. The average molecular weight is 277 g/mol. The van der Waals surface area contributed by atoms with Gasteiger partial charge in [0.15, 0.2) is 0 Å². The summed E-state index contributed by atoms with van der Waals surface area (Å²) in [7, 11) is 0. The Kier molecular flexibility index (Phi) is 4.61. The lowest BCUT2D eigenvalue weighted by Gasteiger charge is -2.27. The van der Waals surface area contributed by atoms with Crippen molar-refractivity contribution in [3.63, 3.8) is 0 Å². The third-order valence-electron chi connectivity index (χ3n) is 3.92. The zero-order chi connectivity index (χ0) is 13.9. The van der Waals surface area contributed by atoms with E-state index < -0.39 is 5.60 Å². The molecule has 3 heteroatoms. The van der Waals surface area contributed by atoms with Gasteiger partial charge in [-0.3, -0.25) is 0 Å². The van der Waals surface area contributed by atoms with E-state index in [0.717, 1.165) is 12.8 Å². The highest BCUT2D eigenvalue weighted by molar-refractivity contribution is 7.19. The van der Waals surface area contributed by atoms with Crippen LogP contribution in [0.2, 0.25) is 0 Å². The van der Waals surface area contributed by atoms with Crippen molar-refractivity contribution in [2.75, 3.05) is 6.54 Å². The molecule has 0 aliphatic carbocycles. The minimum atomic E-state index is -0.578. The minimum absolute atomic E-state index is 0.280. The zero-order valence-electron chi connectivity index (χ0n) is 11.9. The summed E-state index contributed by atoms with van der Waals surface area (Å²) in [5.41, 5.74) is -0.578. The molecule has 0 radical (unpaired) electrons. The molecule has 2 aromatic rings. The molecule has 104 valence electrons. The molecule has 0 bridgehead atoms. The van der Waals surface area contributed by atoms with Gasteiger partial charge in [-0.2, -0.15) is 0 Å². The van der Waals surface area contributed by atoms with E-state index in [4.69, 9.17) is 0 Å². The fourth-order valence-corrected chi connectivity index (χ4v) is 3.25. The van der Waals surface area contributed by atoms with E-state index in [-0.39, 0.29) is 6.04 Å². The molecule has 2 nitrogen and oxygen atoms in total. The highest BCUT2D eigenvalue weighted by atomic mass is 32.1. The Morgan fingerprint density at radius 2 is 1.95 bits per heavy atom. The SMILES string of the molecule is CCC(O)(CC)CNC(C)c1cc2ccccc2s1. The van der Waals surface area contributed by atoms with E-state index in [1.807, 2.05) is 25.2 Å². The Morgan fingerprint density at radius 1 is 1.26 bits per heavy atom. The number of rotatable bonds is 6. The Morgan fingerprint density at radius 3 is 2.58 bits per heavy atom. The van der Waals surface area contributed by atoms with Crippen molar-refractivity contribution in [2.45, 2.75) is 45.3 Å². The van der Waals surface area contributed by atoms with E-state index in [2.05, 4.69) is 42.6 Å². The van der Waals surface area contributed by atoms with Crippen molar-refractivity contribution >= 4 is 21.4 Å². The molecular weight excluding hydrogens is 254 g/mol. The topological polar surface area (TPSA) is 32.3 Å². The summed E-state index contributed by atoms with van der Waals surface area (Å²) in [6, 6.07) is 11.0. The number of hydrogen-bond acceptors (Lipinski definition) is 3. The standard InChI is InChI=1S/C16H23NOS/c1-4-16(18,5-2)11-17-12(3)15-10-13-8-6-7-9-14(13)19-15/h6-10,12,17-18H,4-5,11H2,1-3H3. The van der Waals surface area contributed by atoms with Crippen molar-refractivity contribution in [1.29, 1.82) is 0 Å². The number of thiophene rings is 1. The monoisotopic (exact) mass is 277 g/mol. The normalized spacial score (nSPS) is 13.9. The first kappa shape index (κ1) is 14.5. The van der Waals surface area contributed by atoms with Crippen LogP contribution in [0.1, 0.15) is 44.5 Å². The molecule has 0 fully saturated rings. The average Bonchev–Trinajstić information content (AvgIpc) is 2.88. The smallest absolute Gasteiger partial charge is 0.0766 e. The van der Waals surface area contributed by atoms with Gasteiger partial charge in [0.25, 0.3) is 0 Å². The van der Waals surface area contributed by atoms with Crippen molar-refractivity contribution in [3.05, 3.63) is 35.2 Å². The molecule has 2 N–H and O–H groups in total. The third kappa shape index (κ3) is 3.35. The summed E-state index contributed by atoms with van der Waals surface area (Å²) in [5, 5.41) is 15.1. The summed E-state index contributed by atoms with van der Waals surface area (Å²) in [5.74, 6) is 0. The summed E-state index contributed by atoms with van der Waals surface area (Å²) >= 11 is 1.83. The van der Waals surface area contributed by atoms with Crippen LogP contribution in [0.3, 0.4) is 0 Å². The molecular formula is C16H23NOS. The van der Waals surface area contributed by atoms with Crippen LogP contribution in [-0.4, -0.2) is 17.3 Å². The molecule has 1 atom stereocenters. The second kappa shape index (κ2) is 6.04. The lowest BCUT2D eigenvalue weighted by Crippen LogP contribution is -2.40. The fraction of sp³-hybridized carbons (Fsp3) is 0.500. The lowest BCUT2D eigenvalue weighted by molar-refractivity contribution is 0.0304. The van der Waals surface area contributed by atoms with Crippen LogP contribution in [0, 0.1) is 0 Å². The molecule has 19 heavy (non-hydrogen) atoms. The number of hydrogen-bond donors (Lipinski definition) is 2. The molecule has 0 spiro atoms.